The molecule has 2 heteroatoms. The lowest BCUT2D eigenvalue weighted by Gasteiger charge is -2.48. The van der Waals surface area contributed by atoms with Gasteiger partial charge in [-0.15, -0.1) is 0 Å². The number of hydrogen-bond donors (Lipinski definition) is 0. The second-order valence-corrected chi connectivity index (χ2v) is 6.11. The van der Waals surface area contributed by atoms with E-state index < -0.39 is 0 Å². The lowest BCUT2D eigenvalue weighted by molar-refractivity contribution is -0.146. The molecule has 2 rings (SSSR count). The van der Waals surface area contributed by atoms with Gasteiger partial charge in [0.15, 0.2) is 0 Å². The summed E-state index contributed by atoms with van der Waals surface area (Å²) in [5, 5.41) is 0. The van der Waals surface area contributed by atoms with Gasteiger partial charge in [-0.1, -0.05) is 20.3 Å². The molecule has 15 heavy (non-hydrogen) atoms. The predicted octanol–water partition coefficient (Wildman–Crippen LogP) is 2.95. The van der Waals surface area contributed by atoms with Gasteiger partial charge < -0.3 is 9.53 Å². The van der Waals surface area contributed by atoms with Gasteiger partial charge in [-0.2, -0.15) is 0 Å². The highest BCUT2D eigenvalue weighted by atomic mass is 16.5. The second-order valence-electron chi connectivity index (χ2n) is 6.11. The van der Waals surface area contributed by atoms with Gasteiger partial charge in [0.05, 0.1) is 5.60 Å². The molecule has 1 saturated carbocycles. The molecule has 0 N–H and O–H groups in total. The van der Waals surface area contributed by atoms with Crippen molar-refractivity contribution < 1.29 is 9.53 Å². The van der Waals surface area contributed by atoms with Crippen molar-refractivity contribution in [3.63, 3.8) is 0 Å². The number of ether oxygens (including phenoxy) is 1. The second kappa shape index (κ2) is 3.89. The Bertz CT molecular complexity index is 243. The van der Waals surface area contributed by atoms with E-state index in [-0.39, 0.29) is 11.5 Å². The first-order chi connectivity index (χ1) is 7.05. The van der Waals surface area contributed by atoms with Gasteiger partial charge in [0.1, 0.15) is 6.29 Å². The van der Waals surface area contributed by atoms with Crippen LogP contribution in [-0.2, 0) is 9.53 Å². The number of rotatable bonds is 1. The van der Waals surface area contributed by atoms with Crippen LogP contribution in [0.1, 0.15) is 52.4 Å². The number of aldehydes is 1. The summed E-state index contributed by atoms with van der Waals surface area (Å²) in [6.07, 6.45) is 7.84. The highest BCUT2D eigenvalue weighted by Crippen LogP contribution is 2.47. The van der Waals surface area contributed by atoms with Crippen LogP contribution in [-0.4, -0.2) is 18.5 Å². The molecule has 2 fully saturated rings. The first kappa shape index (κ1) is 11.1. The molecule has 1 heterocycles. The molecule has 0 amide bonds. The van der Waals surface area contributed by atoms with Gasteiger partial charge in [0, 0.05) is 12.5 Å². The highest BCUT2D eigenvalue weighted by Gasteiger charge is 2.44. The molecule has 1 aliphatic heterocycles. The minimum absolute atomic E-state index is 0.0333. The number of carbonyl (C=O) groups excluding carboxylic acids is 1. The monoisotopic (exact) mass is 210 g/mol. The fourth-order valence-electron chi connectivity index (χ4n) is 3.42. The molecule has 2 unspecified atom stereocenters. The van der Waals surface area contributed by atoms with Crippen molar-refractivity contribution in [2.45, 2.75) is 58.0 Å². The molecule has 0 aromatic rings. The molecule has 1 saturated heterocycles. The molecule has 86 valence electrons. The van der Waals surface area contributed by atoms with E-state index in [0.717, 1.165) is 38.6 Å². The molecule has 0 radical (unpaired) electrons. The maximum Gasteiger partial charge on any atom is 0.123 e. The first-order valence-electron chi connectivity index (χ1n) is 6.15. The SMILES string of the molecule is CC1(C)CCCC2(CC(C=O)CCO2)C1. The highest BCUT2D eigenvalue weighted by molar-refractivity contribution is 5.53. The van der Waals surface area contributed by atoms with E-state index >= 15 is 0 Å². The van der Waals surface area contributed by atoms with Crippen molar-refractivity contribution >= 4 is 6.29 Å². The van der Waals surface area contributed by atoms with Crippen LogP contribution < -0.4 is 0 Å². The Morgan fingerprint density at radius 1 is 1.33 bits per heavy atom. The summed E-state index contributed by atoms with van der Waals surface area (Å²) in [7, 11) is 0. The van der Waals surface area contributed by atoms with E-state index in [1.165, 1.54) is 12.8 Å². The molecular weight excluding hydrogens is 188 g/mol. The Morgan fingerprint density at radius 3 is 2.80 bits per heavy atom. The Kier molecular flexibility index (Phi) is 2.89. The van der Waals surface area contributed by atoms with Gasteiger partial charge in [-0.25, -0.2) is 0 Å². The third-order valence-electron chi connectivity index (χ3n) is 4.01. The topological polar surface area (TPSA) is 26.3 Å². The summed E-state index contributed by atoms with van der Waals surface area (Å²) in [5.41, 5.74) is 0.425. The lowest BCUT2D eigenvalue weighted by Crippen LogP contribution is -2.46. The predicted molar refractivity (Wildman–Crippen MR) is 59.7 cm³/mol. The molecule has 0 bridgehead atoms. The van der Waals surface area contributed by atoms with E-state index in [9.17, 15) is 4.79 Å². The van der Waals surface area contributed by atoms with Gasteiger partial charge in [0.25, 0.3) is 0 Å². The molecule has 1 spiro atoms. The summed E-state index contributed by atoms with van der Waals surface area (Å²) < 4.78 is 6.02. The Balaban J connectivity index is 2.08. The van der Waals surface area contributed by atoms with Crippen LogP contribution in [0, 0.1) is 11.3 Å². The van der Waals surface area contributed by atoms with Crippen LogP contribution in [0.25, 0.3) is 0 Å². The lowest BCUT2D eigenvalue weighted by atomic mass is 9.66. The van der Waals surface area contributed by atoms with Crippen LogP contribution in [0.3, 0.4) is 0 Å². The molecule has 2 aliphatic rings. The number of hydrogen-bond acceptors (Lipinski definition) is 2. The van der Waals surface area contributed by atoms with Crippen LogP contribution in [0.5, 0.6) is 0 Å². The number of carbonyl (C=O) groups is 1. The molecule has 1 aliphatic carbocycles. The van der Waals surface area contributed by atoms with E-state index in [0.29, 0.717) is 5.41 Å². The summed E-state index contributed by atoms with van der Waals surface area (Å²) in [5.74, 6) is 0.243. The van der Waals surface area contributed by atoms with Crippen LogP contribution >= 0.6 is 0 Å². The Hall–Kier alpha value is -0.370. The maximum absolute atomic E-state index is 10.9. The third kappa shape index (κ3) is 2.41. The summed E-state index contributed by atoms with van der Waals surface area (Å²) in [4.78, 5) is 10.9. The normalized spacial score (nSPS) is 40.3. The molecule has 0 aromatic heterocycles. The van der Waals surface area contributed by atoms with Gasteiger partial charge in [-0.05, 0) is 37.5 Å². The third-order valence-corrected chi connectivity index (χ3v) is 4.01. The van der Waals surface area contributed by atoms with Gasteiger partial charge in [-0.3, -0.25) is 0 Å². The maximum atomic E-state index is 10.9. The van der Waals surface area contributed by atoms with Gasteiger partial charge >= 0.3 is 0 Å². The van der Waals surface area contributed by atoms with Crippen molar-refractivity contribution in [3.8, 4) is 0 Å². The van der Waals surface area contributed by atoms with Gasteiger partial charge in [0.2, 0.25) is 0 Å². The van der Waals surface area contributed by atoms with E-state index in [4.69, 9.17) is 4.74 Å². The quantitative estimate of drug-likeness (QED) is 0.622. The van der Waals surface area contributed by atoms with Crippen molar-refractivity contribution in [1.29, 1.82) is 0 Å². The molecule has 2 nitrogen and oxygen atoms in total. The fourth-order valence-corrected chi connectivity index (χ4v) is 3.42. The van der Waals surface area contributed by atoms with Crippen molar-refractivity contribution in [3.05, 3.63) is 0 Å². The molecule has 0 aromatic carbocycles. The average Bonchev–Trinajstić information content (AvgIpc) is 2.15. The average molecular weight is 210 g/mol. The Labute approximate surface area is 92.4 Å². The zero-order valence-electron chi connectivity index (χ0n) is 9.92. The molecule has 2 atom stereocenters. The van der Waals surface area contributed by atoms with E-state index in [1.54, 1.807) is 0 Å². The summed E-state index contributed by atoms with van der Waals surface area (Å²) in [6, 6.07) is 0. The summed E-state index contributed by atoms with van der Waals surface area (Å²) in [6.45, 7) is 5.42. The zero-order valence-corrected chi connectivity index (χ0v) is 9.92. The summed E-state index contributed by atoms with van der Waals surface area (Å²) >= 11 is 0. The molecular formula is C13H22O2. The van der Waals surface area contributed by atoms with Crippen molar-refractivity contribution in [2.24, 2.45) is 11.3 Å². The van der Waals surface area contributed by atoms with E-state index in [1.807, 2.05) is 0 Å². The van der Waals surface area contributed by atoms with E-state index in [2.05, 4.69) is 13.8 Å². The van der Waals surface area contributed by atoms with Crippen molar-refractivity contribution in [2.75, 3.05) is 6.61 Å². The standard InChI is InChI=1S/C13H22O2/c1-12(2)5-3-6-13(10-12)8-11(9-14)4-7-15-13/h9,11H,3-8,10H2,1-2H3. The minimum atomic E-state index is 0.0333. The van der Waals surface area contributed by atoms with Crippen LogP contribution in [0.4, 0.5) is 0 Å². The minimum Gasteiger partial charge on any atom is -0.375 e. The van der Waals surface area contributed by atoms with Crippen LogP contribution in [0.2, 0.25) is 0 Å². The smallest absolute Gasteiger partial charge is 0.123 e. The largest absolute Gasteiger partial charge is 0.375 e. The van der Waals surface area contributed by atoms with Crippen molar-refractivity contribution in [1.82, 2.24) is 0 Å². The fraction of sp³-hybridized carbons (Fsp3) is 0.923. The zero-order chi connectivity index (χ0) is 10.9. The Morgan fingerprint density at radius 2 is 2.13 bits per heavy atom. The first-order valence-corrected chi connectivity index (χ1v) is 6.15. The van der Waals surface area contributed by atoms with Crippen LogP contribution in [0.15, 0.2) is 0 Å².